The van der Waals surface area contributed by atoms with Crippen LogP contribution in [-0.4, -0.2) is 29.9 Å². The van der Waals surface area contributed by atoms with E-state index in [-0.39, 0.29) is 18.7 Å². The van der Waals surface area contributed by atoms with Crippen LogP contribution in [0.2, 0.25) is 0 Å². The average molecular weight is 292 g/mol. The lowest BCUT2D eigenvalue weighted by Gasteiger charge is -2.15. The van der Waals surface area contributed by atoms with E-state index >= 15 is 0 Å². The van der Waals surface area contributed by atoms with E-state index in [2.05, 4.69) is 10.6 Å². The Morgan fingerprint density at radius 1 is 1.43 bits per heavy atom. The Labute approximate surface area is 125 Å². The summed E-state index contributed by atoms with van der Waals surface area (Å²) in [5.41, 5.74) is 0.708. The predicted molar refractivity (Wildman–Crippen MR) is 82.6 cm³/mol. The molecule has 0 radical (unpaired) electrons. The lowest BCUT2D eigenvalue weighted by molar-refractivity contribution is 0.210. The molecule has 5 nitrogen and oxygen atoms in total. The van der Waals surface area contributed by atoms with E-state index in [1.807, 2.05) is 31.2 Å². The molecule has 0 saturated heterocycles. The van der Waals surface area contributed by atoms with Crippen LogP contribution in [0.3, 0.4) is 0 Å². The maximum atomic E-state index is 11.8. The van der Waals surface area contributed by atoms with E-state index in [9.17, 15) is 4.79 Å². The molecule has 1 aromatic carbocycles. The zero-order valence-corrected chi connectivity index (χ0v) is 12.5. The molecule has 3 N–H and O–H groups in total. The van der Waals surface area contributed by atoms with Crippen LogP contribution in [-0.2, 0) is 0 Å². The highest BCUT2D eigenvalue weighted by Gasteiger charge is 2.16. The molecular weight excluding hydrogens is 268 g/mol. The maximum absolute atomic E-state index is 11.8. The molecule has 21 heavy (non-hydrogen) atoms. The van der Waals surface area contributed by atoms with Gasteiger partial charge < -0.3 is 20.5 Å². The first-order valence-corrected chi connectivity index (χ1v) is 7.62. The van der Waals surface area contributed by atoms with Gasteiger partial charge in [-0.1, -0.05) is 6.07 Å². The van der Waals surface area contributed by atoms with Crippen molar-refractivity contribution in [3.05, 3.63) is 24.3 Å². The topological polar surface area (TPSA) is 70.6 Å². The van der Waals surface area contributed by atoms with Crippen LogP contribution in [0.25, 0.3) is 0 Å². The van der Waals surface area contributed by atoms with Gasteiger partial charge in [0.25, 0.3) is 0 Å². The summed E-state index contributed by atoms with van der Waals surface area (Å²) in [6.07, 6.45) is 5.52. The molecule has 1 aliphatic rings. The lowest BCUT2D eigenvalue weighted by Crippen LogP contribution is -2.36. The third-order valence-electron chi connectivity index (χ3n) is 3.64. The number of urea groups is 1. The first-order valence-electron chi connectivity index (χ1n) is 7.62. The van der Waals surface area contributed by atoms with Crippen molar-refractivity contribution >= 4 is 11.7 Å². The summed E-state index contributed by atoms with van der Waals surface area (Å²) >= 11 is 0. The Bertz CT molecular complexity index is 459. The number of carbonyl (C=O) groups is 1. The Morgan fingerprint density at radius 2 is 2.19 bits per heavy atom. The molecular formula is C16H24N2O3. The molecule has 1 saturated carbocycles. The number of aliphatic hydroxyl groups excluding tert-OH is 1. The number of anilines is 1. The van der Waals surface area contributed by atoms with Gasteiger partial charge in [0.1, 0.15) is 5.75 Å². The summed E-state index contributed by atoms with van der Waals surface area (Å²) in [6, 6.07) is 7.13. The monoisotopic (exact) mass is 292 g/mol. The standard InChI is InChI=1S/C16H24N2O3/c1-12(9-10-19)17-16(20)18-13-5-4-8-15(11-13)21-14-6-2-3-7-14/h4-5,8,11-12,14,19H,2-3,6-7,9-10H2,1H3,(H2,17,18,20)/t12-/m1/s1. The van der Waals surface area contributed by atoms with E-state index in [0.29, 0.717) is 18.2 Å². The van der Waals surface area contributed by atoms with Crippen LogP contribution in [0, 0.1) is 0 Å². The van der Waals surface area contributed by atoms with Gasteiger partial charge in [-0.15, -0.1) is 0 Å². The number of carbonyl (C=O) groups excluding carboxylic acids is 1. The van der Waals surface area contributed by atoms with Crippen molar-refractivity contribution < 1.29 is 14.6 Å². The quantitative estimate of drug-likeness (QED) is 0.755. The summed E-state index contributed by atoms with van der Waals surface area (Å²) in [5, 5.41) is 14.4. The van der Waals surface area contributed by atoms with E-state index in [1.54, 1.807) is 0 Å². The third-order valence-corrected chi connectivity index (χ3v) is 3.64. The van der Waals surface area contributed by atoms with Gasteiger partial charge in [-0.2, -0.15) is 0 Å². The predicted octanol–water partition coefficient (Wildman–Crippen LogP) is 2.90. The number of ether oxygens (including phenoxy) is 1. The van der Waals surface area contributed by atoms with Gasteiger partial charge in [-0.05, 0) is 51.2 Å². The highest BCUT2D eigenvalue weighted by molar-refractivity contribution is 5.89. The molecule has 0 bridgehead atoms. The van der Waals surface area contributed by atoms with E-state index in [4.69, 9.17) is 9.84 Å². The Balaban J connectivity index is 1.86. The summed E-state index contributed by atoms with van der Waals surface area (Å²) in [6.45, 7) is 1.92. The molecule has 0 aliphatic heterocycles. The smallest absolute Gasteiger partial charge is 0.319 e. The minimum Gasteiger partial charge on any atom is -0.490 e. The van der Waals surface area contributed by atoms with Crippen LogP contribution >= 0.6 is 0 Å². The van der Waals surface area contributed by atoms with Crippen LogP contribution in [0.15, 0.2) is 24.3 Å². The first-order chi connectivity index (χ1) is 10.2. The second-order valence-corrected chi connectivity index (χ2v) is 5.56. The molecule has 5 heteroatoms. The lowest BCUT2D eigenvalue weighted by atomic mass is 10.2. The Morgan fingerprint density at radius 3 is 2.90 bits per heavy atom. The SMILES string of the molecule is C[C@H](CCO)NC(=O)Nc1cccc(OC2CCCC2)c1. The van der Waals surface area contributed by atoms with Gasteiger partial charge in [0.05, 0.1) is 6.10 Å². The fourth-order valence-electron chi connectivity index (χ4n) is 2.50. The fourth-order valence-corrected chi connectivity index (χ4v) is 2.50. The average Bonchev–Trinajstić information content (AvgIpc) is 2.92. The number of hydrogen-bond acceptors (Lipinski definition) is 3. The van der Waals surface area contributed by atoms with Crippen molar-refractivity contribution in [3.8, 4) is 5.75 Å². The van der Waals surface area contributed by atoms with Gasteiger partial charge in [-0.3, -0.25) is 0 Å². The number of aliphatic hydroxyl groups is 1. The minimum atomic E-state index is -0.269. The normalized spacial score (nSPS) is 16.5. The second-order valence-electron chi connectivity index (χ2n) is 5.56. The third kappa shape index (κ3) is 5.27. The van der Waals surface area contributed by atoms with Gasteiger partial charge in [0.2, 0.25) is 0 Å². The Hall–Kier alpha value is -1.75. The summed E-state index contributed by atoms with van der Waals surface area (Å²) in [4.78, 5) is 11.8. The number of amides is 2. The largest absolute Gasteiger partial charge is 0.490 e. The molecule has 1 fully saturated rings. The molecule has 2 rings (SSSR count). The van der Waals surface area contributed by atoms with Crippen LogP contribution < -0.4 is 15.4 Å². The van der Waals surface area contributed by atoms with Crippen molar-refractivity contribution in [2.24, 2.45) is 0 Å². The van der Waals surface area contributed by atoms with Gasteiger partial charge >= 0.3 is 6.03 Å². The maximum Gasteiger partial charge on any atom is 0.319 e. The fraction of sp³-hybridized carbons (Fsp3) is 0.562. The molecule has 1 atom stereocenters. The molecule has 0 unspecified atom stereocenters. The van der Waals surface area contributed by atoms with E-state index in [0.717, 1.165) is 18.6 Å². The molecule has 2 amide bonds. The van der Waals surface area contributed by atoms with Crippen molar-refractivity contribution in [3.63, 3.8) is 0 Å². The van der Waals surface area contributed by atoms with E-state index < -0.39 is 0 Å². The molecule has 1 aromatic rings. The Kier molecular flexibility index (Phi) is 5.87. The van der Waals surface area contributed by atoms with Gasteiger partial charge in [0, 0.05) is 24.4 Å². The highest BCUT2D eigenvalue weighted by atomic mass is 16.5. The molecule has 1 aliphatic carbocycles. The number of hydrogen-bond donors (Lipinski definition) is 3. The zero-order chi connectivity index (χ0) is 15.1. The van der Waals surface area contributed by atoms with Gasteiger partial charge in [0.15, 0.2) is 0 Å². The van der Waals surface area contributed by atoms with Crippen molar-refractivity contribution in [1.29, 1.82) is 0 Å². The summed E-state index contributed by atoms with van der Waals surface area (Å²) in [7, 11) is 0. The second kappa shape index (κ2) is 7.88. The molecule has 0 spiro atoms. The van der Waals surface area contributed by atoms with Crippen LogP contribution in [0.1, 0.15) is 39.0 Å². The van der Waals surface area contributed by atoms with Crippen molar-refractivity contribution in [2.45, 2.75) is 51.2 Å². The highest BCUT2D eigenvalue weighted by Crippen LogP contribution is 2.25. The van der Waals surface area contributed by atoms with Crippen LogP contribution in [0.4, 0.5) is 10.5 Å². The summed E-state index contributed by atoms with van der Waals surface area (Å²) < 4.78 is 5.91. The number of benzene rings is 1. The number of nitrogens with one attached hydrogen (secondary N) is 2. The first kappa shape index (κ1) is 15.6. The van der Waals surface area contributed by atoms with Crippen molar-refractivity contribution in [1.82, 2.24) is 5.32 Å². The minimum absolute atomic E-state index is 0.0617. The van der Waals surface area contributed by atoms with E-state index in [1.165, 1.54) is 12.8 Å². The van der Waals surface area contributed by atoms with Crippen LogP contribution in [0.5, 0.6) is 5.75 Å². The summed E-state index contributed by atoms with van der Waals surface area (Å²) in [5.74, 6) is 0.795. The van der Waals surface area contributed by atoms with Gasteiger partial charge in [-0.25, -0.2) is 4.79 Å². The number of rotatable bonds is 6. The molecule has 0 heterocycles. The zero-order valence-electron chi connectivity index (χ0n) is 12.5. The molecule has 116 valence electrons. The van der Waals surface area contributed by atoms with Crippen molar-refractivity contribution in [2.75, 3.05) is 11.9 Å². The molecule has 0 aromatic heterocycles.